The Labute approximate surface area is 88.2 Å². The number of carbonyl (C=O) groups is 2. The molecule has 0 aliphatic rings. The van der Waals surface area contributed by atoms with Crippen molar-refractivity contribution in [3.05, 3.63) is 0 Å². The molecule has 0 spiro atoms. The molecule has 14 heavy (non-hydrogen) atoms. The number of carboxylic acids is 1. The van der Waals surface area contributed by atoms with Gasteiger partial charge in [-0.05, 0) is 19.3 Å². The minimum absolute atomic E-state index is 0. The fourth-order valence-corrected chi connectivity index (χ4v) is 0.823. The molecule has 1 amide bonds. The lowest BCUT2D eigenvalue weighted by Gasteiger charge is -2.08. The second kappa shape index (κ2) is 7.54. The Bertz CT molecular complexity index is 181. The number of halogens is 1. The van der Waals surface area contributed by atoms with E-state index < -0.39 is 24.0 Å². The monoisotopic (exact) mass is 225 g/mol. The number of hydrogen-bond donors (Lipinski definition) is 4. The van der Waals surface area contributed by atoms with E-state index in [0.717, 1.165) is 0 Å². The van der Waals surface area contributed by atoms with Gasteiger partial charge in [-0.15, -0.1) is 12.4 Å². The molecule has 0 aliphatic carbocycles. The molecular formula is C7H16ClN3O3. The topological polar surface area (TPSA) is 132 Å². The number of nitrogens with two attached hydrogens (primary N) is 3. The smallest absolute Gasteiger partial charge is 0.320 e. The van der Waals surface area contributed by atoms with Crippen LogP contribution in [0, 0.1) is 0 Å². The van der Waals surface area contributed by atoms with Gasteiger partial charge in [0.2, 0.25) is 5.91 Å². The van der Waals surface area contributed by atoms with Gasteiger partial charge in [0.25, 0.3) is 0 Å². The lowest BCUT2D eigenvalue weighted by Crippen LogP contribution is -2.37. The van der Waals surface area contributed by atoms with E-state index in [0.29, 0.717) is 19.3 Å². The van der Waals surface area contributed by atoms with Crippen molar-refractivity contribution in [3.63, 3.8) is 0 Å². The molecule has 0 saturated heterocycles. The van der Waals surface area contributed by atoms with Crippen LogP contribution in [0.3, 0.4) is 0 Å². The largest absolute Gasteiger partial charge is 0.480 e. The first-order chi connectivity index (χ1) is 5.95. The first-order valence-corrected chi connectivity index (χ1v) is 3.98. The average Bonchev–Trinajstić information content (AvgIpc) is 2.03. The van der Waals surface area contributed by atoms with Crippen LogP contribution in [-0.4, -0.2) is 29.1 Å². The van der Waals surface area contributed by atoms with Gasteiger partial charge >= 0.3 is 5.97 Å². The Morgan fingerprint density at radius 1 is 1.14 bits per heavy atom. The maximum atomic E-state index is 10.5. The molecule has 7 N–H and O–H groups in total. The molecule has 0 aromatic heterocycles. The highest BCUT2D eigenvalue weighted by Crippen LogP contribution is 2.01. The SMILES string of the molecule is Cl.NC(=O)C(N)CCC[C@H](N)C(=O)O. The quantitative estimate of drug-likeness (QED) is 0.451. The van der Waals surface area contributed by atoms with Crippen molar-refractivity contribution in [2.75, 3.05) is 0 Å². The molecule has 0 heterocycles. The normalized spacial score (nSPS) is 13.9. The molecule has 0 aromatic carbocycles. The number of carbonyl (C=O) groups excluding carboxylic acids is 1. The van der Waals surface area contributed by atoms with Crippen LogP contribution >= 0.6 is 12.4 Å². The fourth-order valence-electron chi connectivity index (χ4n) is 0.823. The summed E-state index contributed by atoms with van der Waals surface area (Å²) >= 11 is 0. The molecular weight excluding hydrogens is 210 g/mol. The number of carboxylic acid groups (broad SMARTS) is 1. The number of aliphatic carboxylic acids is 1. The predicted molar refractivity (Wildman–Crippen MR) is 53.9 cm³/mol. The molecule has 1 unspecified atom stereocenters. The van der Waals surface area contributed by atoms with Gasteiger partial charge < -0.3 is 22.3 Å². The van der Waals surface area contributed by atoms with Crippen LogP contribution in [0.5, 0.6) is 0 Å². The predicted octanol–water partition coefficient (Wildman–Crippen LogP) is -1.20. The maximum absolute atomic E-state index is 10.5. The second-order valence-corrected chi connectivity index (χ2v) is 2.88. The second-order valence-electron chi connectivity index (χ2n) is 2.88. The van der Waals surface area contributed by atoms with Crippen molar-refractivity contribution in [1.29, 1.82) is 0 Å². The van der Waals surface area contributed by atoms with Crippen LogP contribution in [0.1, 0.15) is 19.3 Å². The highest BCUT2D eigenvalue weighted by atomic mass is 35.5. The molecule has 84 valence electrons. The van der Waals surface area contributed by atoms with Crippen LogP contribution in [0.15, 0.2) is 0 Å². The third-order valence-corrected chi connectivity index (χ3v) is 1.71. The Hall–Kier alpha value is -0.850. The van der Waals surface area contributed by atoms with Gasteiger partial charge in [0.05, 0.1) is 6.04 Å². The van der Waals surface area contributed by atoms with E-state index in [-0.39, 0.29) is 12.4 Å². The number of rotatable bonds is 6. The lowest BCUT2D eigenvalue weighted by atomic mass is 10.1. The van der Waals surface area contributed by atoms with E-state index >= 15 is 0 Å². The zero-order valence-corrected chi connectivity index (χ0v) is 8.50. The number of amides is 1. The fraction of sp³-hybridized carbons (Fsp3) is 0.714. The third kappa shape index (κ3) is 6.64. The first kappa shape index (κ1) is 15.6. The number of hydrogen-bond acceptors (Lipinski definition) is 4. The molecule has 0 aromatic rings. The molecule has 7 heteroatoms. The summed E-state index contributed by atoms with van der Waals surface area (Å²) in [7, 11) is 0. The van der Waals surface area contributed by atoms with E-state index in [1.54, 1.807) is 0 Å². The molecule has 0 bridgehead atoms. The van der Waals surface area contributed by atoms with E-state index in [9.17, 15) is 9.59 Å². The summed E-state index contributed by atoms with van der Waals surface area (Å²) in [6.45, 7) is 0. The number of primary amides is 1. The van der Waals surface area contributed by atoms with Gasteiger partial charge in [0.1, 0.15) is 6.04 Å². The summed E-state index contributed by atoms with van der Waals surface area (Å²) in [5.74, 6) is -1.63. The van der Waals surface area contributed by atoms with Crippen LogP contribution < -0.4 is 17.2 Å². The van der Waals surface area contributed by atoms with E-state index in [1.165, 1.54) is 0 Å². The molecule has 2 atom stereocenters. The van der Waals surface area contributed by atoms with E-state index in [1.807, 2.05) is 0 Å². The van der Waals surface area contributed by atoms with Crippen LogP contribution in [-0.2, 0) is 9.59 Å². The van der Waals surface area contributed by atoms with Gasteiger partial charge in [0, 0.05) is 0 Å². The summed E-state index contributed by atoms with van der Waals surface area (Å²) in [4.78, 5) is 20.7. The molecule has 6 nitrogen and oxygen atoms in total. The van der Waals surface area contributed by atoms with Crippen molar-refractivity contribution in [2.24, 2.45) is 17.2 Å². The Morgan fingerprint density at radius 2 is 1.57 bits per heavy atom. The average molecular weight is 226 g/mol. The Kier molecular flexibility index (Phi) is 8.41. The van der Waals surface area contributed by atoms with Crippen molar-refractivity contribution < 1.29 is 14.7 Å². The standard InChI is InChI=1S/C7H15N3O3.ClH/c8-4(6(10)11)2-1-3-5(9)7(12)13;/h4-5H,1-3,8-9H2,(H2,10,11)(H,12,13);1H/t4?,5-;/m0./s1. The summed E-state index contributed by atoms with van der Waals surface area (Å²) in [6, 6.07) is -1.60. The van der Waals surface area contributed by atoms with E-state index in [4.69, 9.17) is 22.3 Å². The Morgan fingerprint density at radius 3 is 1.93 bits per heavy atom. The van der Waals surface area contributed by atoms with Gasteiger partial charge in [-0.1, -0.05) is 0 Å². The van der Waals surface area contributed by atoms with Crippen molar-refractivity contribution in [2.45, 2.75) is 31.3 Å². The van der Waals surface area contributed by atoms with Gasteiger partial charge in [0.15, 0.2) is 0 Å². The minimum Gasteiger partial charge on any atom is -0.480 e. The van der Waals surface area contributed by atoms with Crippen molar-refractivity contribution in [1.82, 2.24) is 0 Å². The zero-order valence-electron chi connectivity index (χ0n) is 7.68. The summed E-state index contributed by atoms with van der Waals surface area (Å²) in [6.07, 6.45) is 1.16. The highest BCUT2D eigenvalue weighted by molar-refractivity contribution is 5.85. The van der Waals surface area contributed by atoms with Crippen LogP contribution in [0.25, 0.3) is 0 Å². The first-order valence-electron chi connectivity index (χ1n) is 3.98. The lowest BCUT2D eigenvalue weighted by molar-refractivity contribution is -0.138. The zero-order chi connectivity index (χ0) is 10.4. The van der Waals surface area contributed by atoms with Gasteiger partial charge in [-0.25, -0.2) is 0 Å². The van der Waals surface area contributed by atoms with E-state index in [2.05, 4.69) is 0 Å². The Balaban J connectivity index is 0. The van der Waals surface area contributed by atoms with Gasteiger partial charge in [-0.2, -0.15) is 0 Å². The van der Waals surface area contributed by atoms with Crippen LogP contribution in [0.4, 0.5) is 0 Å². The van der Waals surface area contributed by atoms with Crippen LogP contribution in [0.2, 0.25) is 0 Å². The molecule has 0 radical (unpaired) electrons. The molecule has 0 saturated carbocycles. The van der Waals surface area contributed by atoms with Gasteiger partial charge in [-0.3, -0.25) is 9.59 Å². The molecule has 0 fully saturated rings. The van der Waals surface area contributed by atoms with Crippen molar-refractivity contribution in [3.8, 4) is 0 Å². The van der Waals surface area contributed by atoms with Crippen molar-refractivity contribution >= 4 is 24.3 Å². The highest BCUT2D eigenvalue weighted by Gasteiger charge is 2.13. The molecule has 0 aliphatic heterocycles. The molecule has 0 rings (SSSR count). The summed E-state index contributed by atoms with van der Waals surface area (Å²) in [5, 5.41) is 8.41. The summed E-state index contributed by atoms with van der Waals surface area (Å²) in [5.41, 5.74) is 15.4. The maximum Gasteiger partial charge on any atom is 0.320 e. The summed E-state index contributed by atoms with van der Waals surface area (Å²) < 4.78 is 0. The third-order valence-electron chi connectivity index (χ3n) is 1.71. The minimum atomic E-state index is -1.05.